The largest absolute Gasteiger partial charge is 0.380 e. The molecular formula is C27H31N7O4. The van der Waals surface area contributed by atoms with Crippen molar-refractivity contribution in [2.75, 3.05) is 25.0 Å². The first-order valence-electron chi connectivity index (χ1n) is 13.2. The topological polar surface area (TPSA) is 120 Å². The highest BCUT2D eigenvalue weighted by Gasteiger charge is 2.45. The second kappa shape index (κ2) is 9.30. The number of urea groups is 1. The van der Waals surface area contributed by atoms with Crippen molar-refractivity contribution in [1.29, 1.82) is 0 Å². The lowest BCUT2D eigenvalue weighted by Gasteiger charge is -2.33. The SMILES string of the molecule is C=C1CCC(N2C(=O)c3cccc(NCc4cnn(C5CCN6C(=O)N(CC)CC6C5)c4)c3C2=O)C(=O)N1. The van der Waals surface area contributed by atoms with Gasteiger partial charge in [-0.2, -0.15) is 5.10 Å². The molecule has 0 radical (unpaired) electrons. The van der Waals surface area contributed by atoms with Gasteiger partial charge in [-0.3, -0.25) is 24.0 Å². The fourth-order valence-electron chi connectivity index (χ4n) is 6.08. The second-order valence-electron chi connectivity index (χ2n) is 10.4. The Morgan fingerprint density at radius 1 is 1.13 bits per heavy atom. The van der Waals surface area contributed by atoms with Gasteiger partial charge < -0.3 is 20.4 Å². The van der Waals surface area contributed by atoms with Crippen molar-refractivity contribution in [3.63, 3.8) is 0 Å². The molecule has 11 heteroatoms. The van der Waals surface area contributed by atoms with Gasteiger partial charge in [0.1, 0.15) is 6.04 Å². The maximum atomic E-state index is 13.3. The van der Waals surface area contributed by atoms with Crippen LogP contribution >= 0.6 is 0 Å². The van der Waals surface area contributed by atoms with Crippen LogP contribution in [-0.4, -0.2) is 80.0 Å². The molecule has 11 nitrogen and oxygen atoms in total. The monoisotopic (exact) mass is 517 g/mol. The third-order valence-corrected chi connectivity index (χ3v) is 8.11. The van der Waals surface area contributed by atoms with Gasteiger partial charge in [0.05, 0.1) is 29.4 Å². The van der Waals surface area contributed by atoms with Gasteiger partial charge in [-0.05, 0) is 44.7 Å². The highest BCUT2D eigenvalue weighted by atomic mass is 16.2. The van der Waals surface area contributed by atoms with E-state index in [1.54, 1.807) is 24.4 Å². The second-order valence-corrected chi connectivity index (χ2v) is 10.4. The summed E-state index contributed by atoms with van der Waals surface area (Å²) in [5.74, 6) is -1.30. The van der Waals surface area contributed by atoms with Crippen LogP contribution < -0.4 is 10.6 Å². The van der Waals surface area contributed by atoms with Crippen molar-refractivity contribution in [2.24, 2.45) is 0 Å². The fourth-order valence-corrected chi connectivity index (χ4v) is 6.08. The maximum absolute atomic E-state index is 13.3. The van der Waals surface area contributed by atoms with E-state index in [0.717, 1.165) is 42.9 Å². The Bertz CT molecular complexity index is 1350. The summed E-state index contributed by atoms with van der Waals surface area (Å²) in [6.07, 6.45) is 6.42. The summed E-state index contributed by atoms with van der Waals surface area (Å²) < 4.78 is 1.98. The molecule has 38 heavy (non-hydrogen) atoms. The van der Waals surface area contributed by atoms with Gasteiger partial charge in [-0.1, -0.05) is 12.6 Å². The zero-order valence-electron chi connectivity index (χ0n) is 21.4. The molecule has 2 aromatic rings. The van der Waals surface area contributed by atoms with Crippen LogP contribution in [0.3, 0.4) is 0 Å². The van der Waals surface area contributed by atoms with E-state index in [0.29, 0.717) is 41.9 Å². The number of anilines is 1. The molecule has 3 fully saturated rings. The van der Waals surface area contributed by atoms with Crippen molar-refractivity contribution in [2.45, 2.75) is 57.3 Å². The van der Waals surface area contributed by atoms with Crippen molar-refractivity contribution in [3.05, 3.63) is 59.6 Å². The standard InChI is InChI=1S/C27H31N7O4/c1-3-31-15-19-11-18(9-10-32(19)27(31)38)33-14-17(13-29-33)12-28-21-6-4-5-20-23(21)26(37)34(25(20)36)22-8-7-16(2)30-24(22)35/h4-6,13-14,18-19,22,28H,2-3,7-12,15H2,1H3,(H,30,35). The molecule has 4 aliphatic heterocycles. The van der Waals surface area contributed by atoms with Crippen LogP contribution in [0, 0.1) is 0 Å². The Morgan fingerprint density at radius 3 is 2.76 bits per heavy atom. The molecule has 0 aliphatic carbocycles. The summed E-state index contributed by atoms with van der Waals surface area (Å²) in [6, 6.07) is 4.86. The number of carbonyl (C=O) groups is 4. The summed E-state index contributed by atoms with van der Waals surface area (Å²) in [7, 11) is 0. The molecule has 3 atom stereocenters. The summed E-state index contributed by atoms with van der Waals surface area (Å²) in [5, 5.41) is 10.5. The van der Waals surface area contributed by atoms with Gasteiger partial charge in [0.25, 0.3) is 11.8 Å². The summed E-state index contributed by atoms with van der Waals surface area (Å²) in [4.78, 5) is 56.4. The highest BCUT2D eigenvalue weighted by molar-refractivity contribution is 6.25. The minimum absolute atomic E-state index is 0.137. The lowest BCUT2D eigenvalue weighted by atomic mass is 9.99. The van der Waals surface area contributed by atoms with Crippen LogP contribution in [-0.2, 0) is 11.3 Å². The zero-order valence-corrected chi connectivity index (χ0v) is 21.4. The summed E-state index contributed by atoms with van der Waals surface area (Å²) in [6.45, 7) is 8.43. The number of allylic oxidation sites excluding steroid dienone is 1. The van der Waals surface area contributed by atoms with E-state index in [1.807, 2.05) is 27.6 Å². The number of hydrogen-bond acceptors (Lipinski definition) is 6. The zero-order chi connectivity index (χ0) is 26.6. The van der Waals surface area contributed by atoms with E-state index >= 15 is 0 Å². The molecule has 0 bridgehead atoms. The van der Waals surface area contributed by atoms with Crippen molar-refractivity contribution in [3.8, 4) is 0 Å². The molecule has 3 saturated heterocycles. The molecule has 6 rings (SSSR count). The fraction of sp³-hybridized carbons (Fsp3) is 0.444. The Hall–Kier alpha value is -4.15. The third kappa shape index (κ3) is 3.93. The normalized spacial score (nSPS) is 25.1. The smallest absolute Gasteiger partial charge is 0.320 e. The van der Waals surface area contributed by atoms with E-state index < -0.39 is 17.9 Å². The first kappa shape index (κ1) is 24.2. The van der Waals surface area contributed by atoms with Gasteiger partial charge in [-0.25, -0.2) is 4.79 Å². The first-order chi connectivity index (χ1) is 18.4. The Kier molecular flexibility index (Phi) is 5.93. The van der Waals surface area contributed by atoms with Crippen LogP contribution in [0.1, 0.15) is 64.9 Å². The first-order valence-corrected chi connectivity index (χ1v) is 13.2. The molecule has 3 unspecified atom stereocenters. The number of nitrogens with zero attached hydrogens (tertiary/aromatic N) is 5. The predicted molar refractivity (Wildman–Crippen MR) is 138 cm³/mol. The molecule has 1 aromatic carbocycles. The average Bonchev–Trinajstić information content (AvgIpc) is 3.58. The number of carbonyl (C=O) groups excluding carboxylic acids is 4. The molecule has 2 N–H and O–H groups in total. The van der Waals surface area contributed by atoms with E-state index in [1.165, 1.54) is 0 Å². The lowest BCUT2D eigenvalue weighted by Crippen LogP contribution is -2.51. The molecule has 0 spiro atoms. The van der Waals surface area contributed by atoms with Crippen LogP contribution in [0.4, 0.5) is 10.5 Å². The number of benzene rings is 1. The minimum atomic E-state index is -0.843. The number of nitrogens with one attached hydrogen (secondary N) is 2. The van der Waals surface area contributed by atoms with E-state index in [9.17, 15) is 19.2 Å². The number of amides is 5. The third-order valence-electron chi connectivity index (χ3n) is 8.11. The highest BCUT2D eigenvalue weighted by Crippen LogP contribution is 2.34. The molecule has 4 aliphatic rings. The van der Waals surface area contributed by atoms with Gasteiger partial charge in [-0.15, -0.1) is 0 Å². The number of fused-ring (bicyclic) bond motifs is 2. The summed E-state index contributed by atoms with van der Waals surface area (Å²) in [5.41, 5.74) is 2.68. The number of rotatable bonds is 6. The molecule has 5 amide bonds. The van der Waals surface area contributed by atoms with Gasteiger partial charge >= 0.3 is 6.03 Å². The number of piperidine rings is 2. The minimum Gasteiger partial charge on any atom is -0.380 e. The number of imide groups is 1. The molecule has 5 heterocycles. The Morgan fingerprint density at radius 2 is 1.97 bits per heavy atom. The van der Waals surface area contributed by atoms with Crippen molar-refractivity contribution < 1.29 is 19.2 Å². The summed E-state index contributed by atoms with van der Waals surface area (Å²) >= 11 is 0. The maximum Gasteiger partial charge on any atom is 0.320 e. The lowest BCUT2D eigenvalue weighted by molar-refractivity contribution is -0.125. The van der Waals surface area contributed by atoms with Gasteiger partial charge in [0, 0.05) is 49.3 Å². The number of likely N-dealkylation sites (N-methyl/N-ethyl adjacent to an activating group) is 1. The van der Waals surface area contributed by atoms with Crippen LogP contribution in [0.5, 0.6) is 0 Å². The van der Waals surface area contributed by atoms with E-state index in [2.05, 4.69) is 22.3 Å². The van der Waals surface area contributed by atoms with E-state index in [-0.39, 0.29) is 24.0 Å². The van der Waals surface area contributed by atoms with Crippen molar-refractivity contribution >= 4 is 29.4 Å². The van der Waals surface area contributed by atoms with Crippen LogP contribution in [0.25, 0.3) is 0 Å². The predicted octanol–water partition coefficient (Wildman–Crippen LogP) is 2.34. The number of aromatic nitrogens is 2. The number of hydrogen-bond donors (Lipinski definition) is 2. The molecule has 198 valence electrons. The molecule has 1 aromatic heterocycles. The quantitative estimate of drug-likeness (QED) is 0.568. The Labute approximate surface area is 220 Å². The van der Waals surface area contributed by atoms with Crippen LogP contribution in [0.15, 0.2) is 42.9 Å². The van der Waals surface area contributed by atoms with Crippen LogP contribution in [0.2, 0.25) is 0 Å². The Balaban J connectivity index is 1.14. The van der Waals surface area contributed by atoms with E-state index in [4.69, 9.17) is 0 Å². The van der Waals surface area contributed by atoms with Crippen molar-refractivity contribution in [1.82, 2.24) is 29.8 Å². The average molecular weight is 518 g/mol. The van der Waals surface area contributed by atoms with Gasteiger partial charge in [0.2, 0.25) is 5.91 Å². The molecule has 0 saturated carbocycles. The van der Waals surface area contributed by atoms with Gasteiger partial charge in [0.15, 0.2) is 0 Å². The molecular weight excluding hydrogens is 486 g/mol.